The van der Waals surface area contributed by atoms with Gasteiger partial charge in [-0.05, 0) is 30.7 Å². The number of nitrogens with one attached hydrogen (secondary N) is 1. The SMILES string of the molecule is CCCCCCNC(=O)C1CCN(S(=O)(=O)c2cccs2)CC1. The maximum absolute atomic E-state index is 12.4. The molecule has 0 aliphatic carbocycles. The van der Waals surface area contributed by atoms with Gasteiger partial charge in [0.15, 0.2) is 0 Å². The first-order valence-corrected chi connectivity index (χ1v) is 10.7. The van der Waals surface area contributed by atoms with E-state index in [-0.39, 0.29) is 11.8 Å². The van der Waals surface area contributed by atoms with Crippen LogP contribution in [0.3, 0.4) is 0 Å². The number of hydrogen-bond acceptors (Lipinski definition) is 4. The van der Waals surface area contributed by atoms with Crippen LogP contribution in [0.25, 0.3) is 0 Å². The van der Waals surface area contributed by atoms with Crippen LogP contribution in [0.2, 0.25) is 0 Å². The van der Waals surface area contributed by atoms with Gasteiger partial charge in [-0.2, -0.15) is 4.31 Å². The molecule has 2 heterocycles. The summed E-state index contributed by atoms with van der Waals surface area (Å²) in [5.74, 6) is 0.0191. The summed E-state index contributed by atoms with van der Waals surface area (Å²) in [5.41, 5.74) is 0. The third-order valence-corrected chi connectivity index (χ3v) is 7.52. The second-order valence-electron chi connectivity index (χ2n) is 5.96. The summed E-state index contributed by atoms with van der Waals surface area (Å²) in [5, 5.41) is 4.76. The largest absolute Gasteiger partial charge is 0.356 e. The van der Waals surface area contributed by atoms with Crippen LogP contribution in [0, 0.1) is 5.92 Å². The summed E-state index contributed by atoms with van der Waals surface area (Å²) < 4.78 is 26.8. The van der Waals surface area contributed by atoms with Crippen LogP contribution in [0.1, 0.15) is 45.4 Å². The average molecular weight is 359 g/mol. The molecule has 1 aliphatic rings. The number of amides is 1. The van der Waals surface area contributed by atoms with E-state index in [9.17, 15) is 13.2 Å². The van der Waals surface area contributed by atoms with E-state index in [1.54, 1.807) is 17.5 Å². The molecule has 2 rings (SSSR count). The Labute approximate surface area is 143 Å². The van der Waals surface area contributed by atoms with Crippen LogP contribution < -0.4 is 5.32 Å². The van der Waals surface area contributed by atoms with Crippen LogP contribution in [0.15, 0.2) is 21.7 Å². The van der Waals surface area contributed by atoms with Gasteiger partial charge in [-0.3, -0.25) is 4.79 Å². The molecular formula is C16H26N2O3S2. The predicted molar refractivity (Wildman–Crippen MR) is 93.0 cm³/mol. The van der Waals surface area contributed by atoms with E-state index in [1.807, 2.05) is 0 Å². The van der Waals surface area contributed by atoms with Crippen molar-refractivity contribution in [2.75, 3.05) is 19.6 Å². The Morgan fingerprint density at radius 2 is 2.04 bits per heavy atom. The molecule has 1 aliphatic heterocycles. The van der Waals surface area contributed by atoms with Crippen molar-refractivity contribution in [3.05, 3.63) is 17.5 Å². The maximum atomic E-state index is 12.4. The summed E-state index contributed by atoms with van der Waals surface area (Å²) in [6.07, 6.45) is 5.76. The molecule has 1 aromatic heterocycles. The molecule has 1 fully saturated rings. The first-order valence-electron chi connectivity index (χ1n) is 8.37. The monoisotopic (exact) mass is 358 g/mol. The van der Waals surface area contributed by atoms with Crippen LogP contribution in [-0.2, 0) is 14.8 Å². The smallest absolute Gasteiger partial charge is 0.252 e. The van der Waals surface area contributed by atoms with Gasteiger partial charge in [0.05, 0.1) is 0 Å². The van der Waals surface area contributed by atoms with E-state index in [4.69, 9.17) is 0 Å². The van der Waals surface area contributed by atoms with Crippen molar-refractivity contribution < 1.29 is 13.2 Å². The number of rotatable bonds is 8. The lowest BCUT2D eigenvalue weighted by atomic mass is 9.97. The van der Waals surface area contributed by atoms with Gasteiger partial charge in [0.1, 0.15) is 4.21 Å². The summed E-state index contributed by atoms with van der Waals surface area (Å²) in [6.45, 7) is 3.74. The highest BCUT2D eigenvalue weighted by Crippen LogP contribution is 2.26. The lowest BCUT2D eigenvalue weighted by molar-refractivity contribution is -0.126. The summed E-state index contributed by atoms with van der Waals surface area (Å²) in [7, 11) is -3.37. The van der Waals surface area contributed by atoms with Crippen molar-refractivity contribution in [1.29, 1.82) is 0 Å². The quantitative estimate of drug-likeness (QED) is 0.727. The van der Waals surface area contributed by atoms with E-state index in [2.05, 4.69) is 12.2 Å². The van der Waals surface area contributed by atoms with Crippen LogP contribution in [-0.4, -0.2) is 38.3 Å². The van der Waals surface area contributed by atoms with Crippen LogP contribution in [0.4, 0.5) is 0 Å². The molecule has 0 saturated carbocycles. The second-order valence-corrected chi connectivity index (χ2v) is 9.07. The minimum atomic E-state index is -3.37. The number of piperidine rings is 1. The molecule has 5 nitrogen and oxygen atoms in total. The topological polar surface area (TPSA) is 66.5 Å². The zero-order valence-corrected chi connectivity index (χ0v) is 15.3. The number of thiophene rings is 1. The molecule has 0 atom stereocenters. The van der Waals surface area contributed by atoms with Crippen LogP contribution >= 0.6 is 11.3 Å². The Hall–Kier alpha value is -0.920. The lowest BCUT2D eigenvalue weighted by Gasteiger charge is -2.30. The summed E-state index contributed by atoms with van der Waals surface area (Å²) in [4.78, 5) is 12.1. The normalized spacial score (nSPS) is 17.3. The van der Waals surface area contributed by atoms with Gasteiger partial charge in [0, 0.05) is 25.6 Å². The highest BCUT2D eigenvalue weighted by Gasteiger charge is 2.32. The molecule has 0 unspecified atom stereocenters. The van der Waals surface area contributed by atoms with Crippen molar-refractivity contribution >= 4 is 27.3 Å². The third kappa shape index (κ3) is 5.02. The fourth-order valence-corrected chi connectivity index (χ4v) is 5.42. The van der Waals surface area contributed by atoms with Gasteiger partial charge in [-0.1, -0.05) is 32.3 Å². The number of sulfonamides is 1. The van der Waals surface area contributed by atoms with Gasteiger partial charge in [-0.25, -0.2) is 8.42 Å². The van der Waals surface area contributed by atoms with Crippen molar-refractivity contribution in [2.24, 2.45) is 5.92 Å². The lowest BCUT2D eigenvalue weighted by Crippen LogP contribution is -2.43. The Morgan fingerprint density at radius 1 is 1.30 bits per heavy atom. The average Bonchev–Trinajstić information content (AvgIpc) is 3.10. The third-order valence-electron chi connectivity index (χ3n) is 4.24. The Kier molecular flexibility index (Phi) is 7.05. The Bertz CT molecular complexity index is 576. The zero-order chi connectivity index (χ0) is 16.7. The number of nitrogens with zero attached hydrogens (tertiary/aromatic N) is 1. The molecule has 0 spiro atoms. The van der Waals surface area contributed by atoms with Gasteiger partial charge in [-0.15, -0.1) is 11.3 Å². The minimum Gasteiger partial charge on any atom is -0.356 e. The van der Waals surface area contributed by atoms with Crippen LogP contribution in [0.5, 0.6) is 0 Å². The Morgan fingerprint density at radius 3 is 2.65 bits per heavy atom. The van der Waals surface area contributed by atoms with Gasteiger partial charge < -0.3 is 5.32 Å². The van der Waals surface area contributed by atoms with Gasteiger partial charge in [0.2, 0.25) is 5.91 Å². The number of carbonyl (C=O) groups is 1. The highest BCUT2D eigenvalue weighted by atomic mass is 32.2. The fourth-order valence-electron chi connectivity index (χ4n) is 2.80. The zero-order valence-electron chi connectivity index (χ0n) is 13.7. The fraction of sp³-hybridized carbons (Fsp3) is 0.688. The van der Waals surface area contributed by atoms with Crippen molar-refractivity contribution in [3.63, 3.8) is 0 Å². The first kappa shape index (κ1) is 18.4. The van der Waals surface area contributed by atoms with E-state index in [1.165, 1.54) is 28.5 Å². The number of unbranched alkanes of at least 4 members (excludes halogenated alkanes) is 3. The number of carbonyl (C=O) groups excluding carboxylic acids is 1. The van der Waals surface area contributed by atoms with E-state index >= 15 is 0 Å². The highest BCUT2D eigenvalue weighted by molar-refractivity contribution is 7.91. The van der Waals surface area contributed by atoms with Gasteiger partial charge >= 0.3 is 0 Å². The van der Waals surface area contributed by atoms with Crippen molar-refractivity contribution in [1.82, 2.24) is 9.62 Å². The molecule has 0 radical (unpaired) electrons. The molecule has 1 amide bonds. The molecular weight excluding hydrogens is 332 g/mol. The van der Waals surface area contributed by atoms with E-state index in [0.29, 0.717) is 30.1 Å². The molecule has 23 heavy (non-hydrogen) atoms. The van der Waals surface area contributed by atoms with E-state index in [0.717, 1.165) is 19.4 Å². The molecule has 0 bridgehead atoms. The number of hydrogen-bond donors (Lipinski definition) is 1. The molecule has 1 N–H and O–H groups in total. The predicted octanol–water partition coefficient (Wildman–Crippen LogP) is 2.85. The van der Waals surface area contributed by atoms with Crippen molar-refractivity contribution in [2.45, 2.75) is 49.7 Å². The Balaban J connectivity index is 1.76. The molecule has 1 saturated heterocycles. The standard InChI is InChI=1S/C16H26N2O3S2/c1-2-3-4-5-10-17-16(19)14-8-11-18(12-9-14)23(20,21)15-7-6-13-22-15/h6-7,13-14H,2-5,8-12H2,1H3,(H,17,19). The molecule has 130 valence electrons. The molecule has 7 heteroatoms. The first-order chi connectivity index (χ1) is 11.1. The maximum Gasteiger partial charge on any atom is 0.252 e. The summed E-state index contributed by atoms with van der Waals surface area (Å²) >= 11 is 1.24. The van der Waals surface area contributed by atoms with Crippen molar-refractivity contribution in [3.8, 4) is 0 Å². The van der Waals surface area contributed by atoms with E-state index < -0.39 is 10.0 Å². The molecule has 0 aromatic carbocycles. The second kappa shape index (κ2) is 8.80. The minimum absolute atomic E-state index is 0.0593. The van der Waals surface area contributed by atoms with Gasteiger partial charge in [0.25, 0.3) is 10.0 Å². The summed E-state index contributed by atoms with van der Waals surface area (Å²) in [6, 6.07) is 3.38. The molecule has 1 aromatic rings.